The molecule has 0 aromatic heterocycles. The second-order valence-electron chi connectivity index (χ2n) is 6.91. The first kappa shape index (κ1) is 15.0. The number of hydrogen-bond acceptors (Lipinski definition) is 2. The summed E-state index contributed by atoms with van der Waals surface area (Å²) in [5, 5.41) is 0. The van der Waals surface area contributed by atoms with Crippen LogP contribution in [0.3, 0.4) is 0 Å². The van der Waals surface area contributed by atoms with Crippen LogP contribution in [0.25, 0.3) is 0 Å². The van der Waals surface area contributed by atoms with Gasteiger partial charge in [0.2, 0.25) is 5.91 Å². The molecule has 3 nitrogen and oxygen atoms in total. The fraction of sp³-hybridized carbons (Fsp3) is 0.588. The normalized spacial score (nSPS) is 21.0. The summed E-state index contributed by atoms with van der Waals surface area (Å²) in [6, 6.07) is 9.67. The first-order chi connectivity index (χ1) is 9.38. The lowest BCUT2D eigenvalue weighted by Crippen LogP contribution is -2.33. The van der Waals surface area contributed by atoms with Crippen LogP contribution in [0.5, 0.6) is 0 Å². The van der Waals surface area contributed by atoms with E-state index in [-0.39, 0.29) is 17.4 Å². The van der Waals surface area contributed by atoms with E-state index in [1.54, 1.807) is 0 Å². The van der Waals surface area contributed by atoms with Gasteiger partial charge in [0.15, 0.2) is 0 Å². The molecule has 0 saturated carbocycles. The van der Waals surface area contributed by atoms with Gasteiger partial charge < -0.3 is 10.6 Å². The molecule has 110 valence electrons. The number of carbonyl (C=O) groups is 1. The van der Waals surface area contributed by atoms with Crippen molar-refractivity contribution in [1.82, 2.24) is 4.90 Å². The molecule has 1 aliphatic heterocycles. The number of benzene rings is 1. The van der Waals surface area contributed by atoms with Crippen LogP contribution in [0.15, 0.2) is 30.3 Å². The van der Waals surface area contributed by atoms with Crippen molar-refractivity contribution in [2.75, 3.05) is 13.1 Å². The molecule has 0 radical (unpaired) electrons. The number of nitrogens with zero attached hydrogens (tertiary/aromatic N) is 1. The van der Waals surface area contributed by atoms with E-state index in [2.05, 4.69) is 20.8 Å². The van der Waals surface area contributed by atoms with Gasteiger partial charge in [-0.1, -0.05) is 51.1 Å². The Balaban J connectivity index is 1.90. The minimum absolute atomic E-state index is 0.188. The van der Waals surface area contributed by atoms with Crippen LogP contribution in [0.2, 0.25) is 0 Å². The number of likely N-dealkylation sites (tertiary alicyclic amines) is 1. The van der Waals surface area contributed by atoms with E-state index in [0.29, 0.717) is 12.3 Å². The highest BCUT2D eigenvalue weighted by Crippen LogP contribution is 2.34. The van der Waals surface area contributed by atoms with Gasteiger partial charge in [-0.3, -0.25) is 4.79 Å². The molecule has 3 heteroatoms. The van der Waals surface area contributed by atoms with Gasteiger partial charge in [-0.15, -0.1) is 0 Å². The fourth-order valence-electron chi connectivity index (χ4n) is 2.83. The van der Waals surface area contributed by atoms with Gasteiger partial charge in [-0.2, -0.15) is 0 Å². The summed E-state index contributed by atoms with van der Waals surface area (Å²) in [7, 11) is 0. The average molecular weight is 274 g/mol. The molecule has 0 bridgehead atoms. The number of hydrogen-bond donors (Lipinski definition) is 1. The Bertz CT molecular complexity index is 450. The lowest BCUT2D eigenvalue weighted by molar-refractivity contribution is -0.130. The first-order valence-corrected chi connectivity index (χ1v) is 7.46. The van der Waals surface area contributed by atoms with E-state index >= 15 is 0 Å². The van der Waals surface area contributed by atoms with Crippen LogP contribution in [0.4, 0.5) is 0 Å². The van der Waals surface area contributed by atoms with Crippen LogP contribution in [-0.2, 0) is 4.79 Å². The Hall–Kier alpha value is -1.35. The van der Waals surface area contributed by atoms with Crippen molar-refractivity contribution < 1.29 is 4.79 Å². The predicted molar refractivity (Wildman–Crippen MR) is 82.1 cm³/mol. The molecule has 2 N–H and O–H groups in total. The zero-order valence-corrected chi connectivity index (χ0v) is 12.8. The molecule has 20 heavy (non-hydrogen) atoms. The molecule has 1 heterocycles. The van der Waals surface area contributed by atoms with Crippen molar-refractivity contribution in [2.24, 2.45) is 17.1 Å². The first-order valence-electron chi connectivity index (χ1n) is 7.46. The number of rotatable bonds is 3. The van der Waals surface area contributed by atoms with Crippen molar-refractivity contribution >= 4 is 5.91 Å². The van der Waals surface area contributed by atoms with Gasteiger partial charge in [-0.25, -0.2) is 0 Å². The summed E-state index contributed by atoms with van der Waals surface area (Å²) in [4.78, 5) is 14.3. The molecule has 1 aliphatic rings. The summed E-state index contributed by atoms with van der Waals surface area (Å²) in [6.07, 6.45) is 1.51. The van der Waals surface area contributed by atoms with Gasteiger partial charge in [0, 0.05) is 25.6 Å². The monoisotopic (exact) mass is 274 g/mol. The second kappa shape index (κ2) is 5.96. The van der Waals surface area contributed by atoms with Gasteiger partial charge >= 0.3 is 0 Å². The number of amides is 1. The van der Waals surface area contributed by atoms with E-state index in [9.17, 15) is 4.79 Å². The molecule has 1 aromatic rings. The highest BCUT2D eigenvalue weighted by Gasteiger charge is 2.34. The summed E-state index contributed by atoms with van der Waals surface area (Å²) in [6.45, 7) is 8.51. The smallest absolute Gasteiger partial charge is 0.224 e. The molecule has 1 saturated heterocycles. The lowest BCUT2D eigenvalue weighted by atomic mass is 9.80. The molecule has 0 spiro atoms. The van der Waals surface area contributed by atoms with Crippen molar-refractivity contribution in [2.45, 2.75) is 39.7 Å². The molecule has 1 fully saturated rings. The van der Waals surface area contributed by atoms with E-state index in [4.69, 9.17) is 5.73 Å². The minimum Gasteiger partial charge on any atom is -0.342 e. The Labute approximate surface area is 122 Å². The molecule has 0 aliphatic carbocycles. The Morgan fingerprint density at radius 2 is 2.00 bits per heavy atom. The average Bonchev–Trinajstić information content (AvgIpc) is 2.89. The lowest BCUT2D eigenvalue weighted by Gasteiger charge is -2.27. The summed E-state index contributed by atoms with van der Waals surface area (Å²) < 4.78 is 0. The van der Waals surface area contributed by atoms with E-state index in [1.165, 1.54) is 0 Å². The Morgan fingerprint density at radius 1 is 1.35 bits per heavy atom. The topological polar surface area (TPSA) is 46.3 Å². The highest BCUT2D eigenvalue weighted by atomic mass is 16.2. The largest absolute Gasteiger partial charge is 0.342 e. The van der Waals surface area contributed by atoms with Gasteiger partial charge in [0.1, 0.15) is 0 Å². The van der Waals surface area contributed by atoms with Crippen molar-refractivity contribution in [3.05, 3.63) is 35.9 Å². The van der Waals surface area contributed by atoms with E-state index < -0.39 is 0 Å². The third kappa shape index (κ3) is 3.60. The molecular weight excluding hydrogens is 248 g/mol. The molecule has 2 atom stereocenters. The van der Waals surface area contributed by atoms with Crippen LogP contribution in [0.1, 0.15) is 45.2 Å². The van der Waals surface area contributed by atoms with Gasteiger partial charge in [0.25, 0.3) is 0 Å². The van der Waals surface area contributed by atoms with Crippen molar-refractivity contribution in [3.8, 4) is 0 Å². The SMILES string of the molecule is CC(C)(C)C1CCN(C(=O)CC(N)c2ccccc2)C1. The number of carbonyl (C=O) groups excluding carboxylic acids is 1. The fourth-order valence-corrected chi connectivity index (χ4v) is 2.83. The third-order valence-electron chi connectivity index (χ3n) is 4.39. The maximum absolute atomic E-state index is 12.3. The molecule has 2 rings (SSSR count). The van der Waals surface area contributed by atoms with Crippen LogP contribution in [-0.4, -0.2) is 23.9 Å². The van der Waals surface area contributed by atoms with Crippen LogP contribution in [0, 0.1) is 11.3 Å². The zero-order chi connectivity index (χ0) is 14.8. The van der Waals surface area contributed by atoms with Gasteiger partial charge in [0.05, 0.1) is 0 Å². The maximum Gasteiger partial charge on any atom is 0.224 e. The van der Waals surface area contributed by atoms with E-state index in [0.717, 1.165) is 25.1 Å². The summed E-state index contributed by atoms with van der Waals surface area (Å²) in [5.41, 5.74) is 7.45. The highest BCUT2D eigenvalue weighted by molar-refractivity contribution is 5.77. The minimum atomic E-state index is -0.197. The Morgan fingerprint density at radius 3 is 2.55 bits per heavy atom. The summed E-state index contributed by atoms with van der Waals surface area (Å²) >= 11 is 0. The van der Waals surface area contributed by atoms with E-state index in [1.807, 2.05) is 35.2 Å². The number of nitrogens with two attached hydrogens (primary N) is 1. The molecule has 1 aromatic carbocycles. The standard InChI is InChI=1S/C17H26N2O/c1-17(2,3)14-9-10-19(12-14)16(20)11-15(18)13-7-5-4-6-8-13/h4-8,14-15H,9-12,18H2,1-3H3. The van der Waals surface area contributed by atoms with Gasteiger partial charge in [-0.05, 0) is 23.3 Å². The second-order valence-corrected chi connectivity index (χ2v) is 6.91. The predicted octanol–water partition coefficient (Wildman–Crippen LogP) is 2.97. The Kier molecular flexibility index (Phi) is 4.48. The molecule has 2 unspecified atom stereocenters. The van der Waals surface area contributed by atoms with Crippen LogP contribution >= 0.6 is 0 Å². The quantitative estimate of drug-likeness (QED) is 0.921. The van der Waals surface area contributed by atoms with Crippen LogP contribution < -0.4 is 5.73 Å². The molecular formula is C17H26N2O. The summed E-state index contributed by atoms with van der Waals surface area (Å²) in [5.74, 6) is 0.785. The molecule has 1 amide bonds. The maximum atomic E-state index is 12.3. The zero-order valence-electron chi connectivity index (χ0n) is 12.8. The van der Waals surface area contributed by atoms with Crippen molar-refractivity contribution in [3.63, 3.8) is 0 Å². The third-order valence-corrected chi connectivity index (χ3v) is 4.39. The van der Waals surface area contributed by atoms with Crippen molar-refractivity contribution in [1.29, 1.82) is 0 Å².